The van der Waals surface area contributed by atoms with Gasteiger partial charge in [-0.15, -0.1) is 0 Å². The molecule has 0 aliphatic rings. The van der Waals surface area contributed by atoms with Gasteiger partial charge in [0.2, 0.25) is 0 Å². The molecule has 0 atom stereocenters. The third-order valence-electron chi connectivity index (χ3n) is 5.34. The Hall–Kier alpha value is -3.95. The van der Waals surface area contributed by atoms with E-state index >= 15 is 0 Å². The SMILES string of the molecule is COc1nc(NCCc2ccc(C(F)(F)F)cc2F)cc(-c2ccc3[nH]cc(CC=O)c3c2)n1. The molecule has 0 amide bonds. The van der Waals surface area contributed by atoms with Crippen molar-refractivity contribution in [3.05, 3.63) is 71.2 Å². The van der Waals surface area contributed by atoms with Gasteiger partial charge in [-0.3, -0.25) is 0 Å². The molecule has 0 saturated heterocycles. The molecule has 0 saturated carbocycles. The maximum Gasteiger partial charge on any atom is 0.416 e. The number of halogens is 4. The number of carbonyl (C=O) groups excluding carboxylic acids is 1. The lowest BCUT2D eigenvalue weighted by Crippen LogP contribution is -2.10. The molecule has 10 heteroatoms. The van der Waals surface area contributed by atoms with E-state index in [0.29, 0.717) is 17.6 Å². The highest BCUT2D eigenvalue weighted by Crippen LogP contribution is 2.31. The van der Waals surface area contributed by atoms with Crippen LogP contribution in [0.15, 0.2) is 48.7 Å². The smallest absolute Gasteiger partial charge is 0.416 e. The van der Waals surface area contributed by atoms with Gasteiger partial charge in [-0.05, 0) is 41.8 Å². The molecule has 0 fully saturated rings. The van der Waals surface area contributed by atoms with E-state index in [-0.39, 0.29) is 31.0 Å². The first-order valence-electron chi connectivity index (χ1n) is 10.3. The van der Waals surface area contributed by atoms with Gasteiger partial charge in [0.1, 0.15) is 17.9 Å². The fraction of sp³-hybridized carbons (Fsp3) is 0.208. The first kappa shape index (κ1) is 23.2. The highest BCUT2D eigenvalue weighted by atomic mass is 19.4. The number of methoxy groups -OCH3 is 1. The molecule has 0 aliphatic carbocycles. The molecule has 0 spiro atoms. The Labute approximate surface area is 192 Å². The Morgan fingerprint density at radius 3 is 2.62 bits per heavy atom. The van der Waals surface area contributed by atoms with Gasteiger partial charge in [-0.1, -0.05) is 12.1 Å². The van der Waals surface area contributed by atoms with Gasteiger partial charge < -0.3 is 19.8 Å². The molecule has 2 N–H and O–H groups in total. The molecule has 0 bridgehead atoms. The van der Waals surface area contributed by atoms with E-state index in [4.69, 9.17) is 4.74 Å². The lowest BCUT2D eigenvalue weighted by atomic mass is 10.1. The normalized spacial score (nSPS) is 11.6. The Morgan fingerprint density at radius 1 is 1.09 bits per heavy atom. The number of anilines is 1. The quantitative estimate of drug-likeness (QED) is 0.273. The minimum Gasteiger partial charge on any atom is -0.467 e. The number of benzene rings is 2. The average Bonchev–Trinajstić information content (AvgIpc) is 3.21. The number of hydrogen-bond donors (Lipinski definition) is 2. The zero-order chi connectivity index (χ0) is 24.3. The summed E-state index contributed by atoms with van der Waals surface area (Å²) in [5, 5.41) is 3.94. The number of nitrogens with zero attached hydrogens (tertiary/aromatic N) is 2. The van der Waals surface area contributed by atoms with Crippen molar-refractivity contribution in [3.63, 3.8) is 0 Å². The number of ether oxygens (including phenoxy) is 1. The number of fused-ring (bicyclic) bond motifs is 1. The topological polar surface area (TPSA) is 79.9 Å². The molecule has 0 unspecified atom stereocenters. The standard InChI is InChI=1S/C24H20F4N4O2/c1-34-23-31-21(15-3-5-20-18(10-15)16(7-9-33)13-30-20)12-22(32-23)29-8-6-14-2-4-17(11-19(14)25)24(26,27)28/h2-5,9-13,30H,6-8H2,1H3,(H,29,31,32). The van der Waals surface area contributed by atoms with Crippen molar-refractivity contribution in [3.8, 4) is 17.3 Å². The van der Waals surface area contributed by atoms with Crippen LogP contribution < -0.4 is 10.1 Å². The van der Waals surface area contributed by atoms with Crippen molar-refractivity contribution >= 4 is 23.0 Å². The predicted octanol–water partition coefficient (Wildman–Crippen LogP) is 5.19. The van der Waals surface area contributed by atoms with Crippen LogP contribution in [-0.4, -0.2) is 34.9 Å². The molecule has 2 heterocycles. The molecule has 0 radical (unpaired) electrons. The van der Waals surface area contributed by atoms with Gasteiger partial charge in [0.15, 0.2) is 0 Å². The second kappa shape index (κ2) is 9.50. The third kappa shape index (κ3) is 5.00. The van der Waals surface area contributed by atoms with Crippen LogP contribution in [0.1, 0.15) is 16.7 Å². The number of aromatic amines is 1. The van der Waals surface area contributed by atoms with Crippen LogP contribution in [0, 0.1) is 5.82 Å². The summed E-state index contributed by atoms with van der Waals surface area (Å²) in [6.45, 7) is 0.224. The molecule has 4 aromatic rings. The Balaban J connectivity index is 1.54. The van der Waals surface area contributed by atoms with Gasteiger partial charge in [0.05, 0.1) is 18.4 Å². The summed E-state index contributed by atoms with van der Waals surface area (Å²) in [7, 11) is 1.43. The summed E-state index contributed by atoms with van der Waals surface area (Å²) in [5.41, 5.74) is 2.22. The Morgan fingerprint density at radius 2 is 1.91 bits per heavy atom. The summed E-state index contributed by atoms with van der Waals surface area (Å²) in [6.07, 6.45) is -1.54. The highest BCUT2D eigenvalue weighted by molar-refractivity contribution is 5.89. The maximum atomic E-state index is 14.1. The first-order chi connectivity index (χ1) is 16.3. The number of aromatic nitrogens is 3. The van der Waals surface area contributed by atoms with Gasteiger partial charge in [0.25, 0.3) is 0 Å². The van der Waals surface area contributed by atoms with Crippen molar-refractivity contribution in [1.29, 1.82) is 0 Å². The van der Waals surface area contributed by atoms with Crippen LogP contribution in [-0.2, 0) is 23.8 Å². The average molecular weight is 472 g/mol. The molecule has 176 valence electrons. The molecule has 4 rings (SSSR count). The number of nitrogens with one attached hydrogen (secondary N) is 2. The molecule has 34 heavy (non-hydrogen) atoms. The van der Waals surface area contributed by atoms with E-state index in [1.54, 1.807) is 12.3 Å². The molecule has 2 aromatic heterocycles. The number of aldehydes is 1. The number of alkyl halides is 3. The van der Waals surface area contributed by atoms with Crippen LogP contribution in [0.4, 0.5) is 23.4 Å². The number of H-pyrrole nitrogens is 1. The lowest BCUT2D eigenvalue weighted by molar-refractivity contribution is -0.137. The monoisotopic (exact) mass is 472 g/mol. The van der Waals surface area contributed by atoms with E-state index in [1.165, 1.54) is 7.11 Å². The molecule has 0 aliphatic heterocycles. The van der Waals surface area contributed by atoms with Gasteiger partial charge in [-0.25, -0.2) is 4.39 Å². The van der Waals surface area contributed by atoms with Crippen LogP contribution in [0.3, 0.4) is 0 Å². The molecular weight excluding hydrogens is 452 g/mol. The third-order valence-corrected chi connectivity index (χ3v) is 5.34. The first-order valence-corrected chi connectivity index (χ1v) is 10.3. The minimum atomic E-state index is -4.59. The highest BCUT2D eigenvalue weighted by Gasteiger charge is 2.31. The lowest BCUT2D eigenvalue weighted by Gasteiger charge is -2.11. The maximum absolute atomic E-state index is 14.1. The van der Waals surface area contributed by atoms with E-state index in [1.807, 2.05) is 18.2 Å². The number of hydrogen-bond acceptors (Lipinski definition) is 5. The predicted molar refractivity (Wildman–Crippen MR) is 119 cm³/mol. The summed E-state index contributed by atoms with van der Waals surface area (Å²) >= 11 is 0. The van der Waals surface area contributed by atoms with Crippen molar-refractivity contribution in [2.24, 2.45) is 0 Å². The van der Waals surface area contributed by atoms with Crippen molar-refractivity contribution < 1.29 is 27.1 Å². The fourth-order valence-electron chi connectivity index (χ4n) is 3.60. The summed E-state index contributed by atoms with van der Waals surface area (Å²) in [6, 6.07) is 9.96. The summed E-state index contributed by atoms with van der Waals surface area (Å²) in [5.74, 6) is -0.500. The number of rotatable bonds is 8. The zero-order valence-electron chi connectivity index (χ0n) is 18.0. The van der Waals surface area contributed by atoms with Crippen LogP contribution >= 0.6 is 0 Å². The Bertz CT molecular complexity index is 1330. The molecular formula is C24H20F4N4O2. The number of carbonyl (C=O) groups is 1. The van der Waals surface area contributed by atoms with E-state index in [0.717, 1.165) is 40.4 Å². The fourth-order valence-corrected chi connectivity index (χ4v) is 3.60. The Kier molecular flexibility index (Phi) is 6.49. The van der Waals surface area contributed by atoms with E-state index in [2.05, 4.69) is 20.3 Å². The molecule has 6 nitrogen and oxygen atoms in total. The van der Waals surface area contributed by atoms with Gasteiger partial charge >= 0.3 is 12.2 Å². The second-order valence-corrected chi connectivity index (χ2v) is 7.55. The van der Waals surface area contributed by atoms with Crippen molar-refractivity contribution in [1.82, 2.24) is 15.0 Å². The van der Waals surface area contributed by atoms with Gasteiger partial charge in [-0.2, -0.15) is 23.1 Å². The van der Waals surface area contributed by atoms with Crippen molar-refractivity contribution in [2.75, 3.05) is 19.0 Å². The summed E-state index contributed by atoms with van der Waals surface area (Å²) < 4.78 is 57.5. The van der Waals surface area contributed by atoms with Crippen LogP contribution in [0.25, 0.3) is 22.2 Å². The van der Waals surface area contributed by atoms with Crippen LogP contribution in [0.5, 0.6) is 6.01 Å². The molecule has 2 aromatic carbocycles. The van der Waals surface area contributed by atoms with E-state index < -0.39 is 17.6 Å². The summed E-state index contributed by atoms with van der Waals surface area (Å²) in [4.78, 5) is 22.7. The van der Waals surface area contributed by atoms with Gasteiger partial charge in [0, 0.05) is 41.7 Å². The zero-order valence-corrected chi connectivity index (χ0v) is 18.0. The largest absolute Gasteiger partial charge is 0.467 e. The van der Waals surface area contributed by atoms with Crippen molar-refractivity contribution in [2.45, 2.75) is 19.0 Å². The minimum absolute atomic E-state index is 0.114. The second-order valence-electron chi connectivity index (χ2n) is 7.55. The van der Waals surface area contributed by atoms with E-state index in [9.17, 15) is 22.4 Å². The van der Waals surface area contributed by atoms with Crippen LogP contribution in [0.2, 0.25) is 0 Å².